The van der Waals surface area contributed by atoms with Crippen LogP contribution in [0.1, 0.15) is 25.3 Å². The van der Waals surface area contributed by atoms with Crippen LogP contribution in [-0.4, -0.2) is 36.3 Å². The Morgan fingerprint density at radius 3 is 2.56 bits per heavy atom. The number of nitrogens with zero attached hydrogens (tertiary/aromatic N) is 2. The first-order valence-electron chi connectivity index (χ1n) is 6.59. The highest BCUT2D eigenvalue weighted by Crippen LogP contribution is 2.23. The van der Waals surface area contributed by atoms with Gasteiger partial charge in [-0.05, 0) is 45.7 Å². The van der Waals surface area contributed by atoms with Gasteiger partial charge in [0.15, 0.2) is 0 Å². The van der Waals surface area contributed by atoms with E-state index in [0.717, 1.165) is 25.3 Å². The summed E-state index contributed by atoms with van der Waals surface area (Å²) in [4.78, 5) is 8.28. The van der Waals surface area contributed by atoms with Crippen molar-refractivity contribution in [2.75, 3.05) is 26.3 Å². The molecular weight excluding hydrogens is 230 g/mol. The van der Waals surface area contributed by atoms with Crippen LogP contribution in [-0.2, 0) is 0 Å². The minimum absolute atomic E-state index is 0.603. The standard InChI is InChI=1S/C13H21N3O2/c1-3-17-12-10(2)13(16-9-15-12)18-8-11-4-6-14-7-5-11/h9,11,14H,3-8H2,1-2H3. The monoisotopic (exact) mass is 251 g/mol. The van der Waals surface area contributed by atoms with Gasteiger partial charge in [-0.25, -0.2) is 9.97 Å². The molecular formula is C13H21N3O2. The third-order valence-corrected chi connectivity index (χ3v) is 3.19. The van der Waals surface area contributed by atoms with E-state index < -0.39 is 0 Å². The van der Waals surface area contributed by atoms with Gasteiger partial charge in [-0.3, -0.25) is 0 Å². The van der Waals surface area contributed by atoms with Crippen LogP contribution in [0.3, 0.4) is 0 Å². The predicted octanol–water partition coefficient (Wildman–Crippen LogP) is 1.56. The summed E-state index contributed by atoms with van der Waals surface area (Å²) in [6.07, 6.45) is 3.83. The van der Waals surface area contributed by atoms with Gasteiger partial charge in [-0.2, -0.15) is 0 Å². The van der Waals surface area contributed by atoms with Crippen molar-refractivity contribution in [1.82, 2.24) is 15.3 Å². The fraction of sp³-hybridized carbons (Fsp3) is 0.692. The van der Waals surface area contributed by atoms with Crippen molar-refractivity contribution in [3.05, 3.63) is 11.9 Å². The lowest BCUT2D eigenvalue weighted by atomic mass is 9.99. The molecule has 1 saturated heterocycles. The number of hydrogen-bond acceptors (Lipinski definition) is 5. The molecule has 5 heteroatoms. The number of piperidine rings is 1. The fourth-order valence-corrected chi connectivity index (χ4v) is 2.09. The Balaban J connectivity index is 1.93. The molecule has 1 N–H and O–H groups in total. The molecule has 100 valence electrons. The van der Waals surface area contributed by atoms with Crippen molar-refractivity contribution >= 4 is 0 Å². The van der Waals surface area contributed by atoms with Gasteiger partial charge in [-0.1, -0.05) is 0 Å². The Kier molecular flexibility index (Phi) is 4.75. The Bertz CT molecular complexity index is 378. The minimum Gasteiger partial charge on any atom is -0.478 e. The highest BCUT2D eigenvalue weighted by atomic mass is 16.5. The molecule has 0 aromatic carbocycles. The second-order valence-corrected chi connectivity index (χ2v) is 4.55. The first-order valence-corrected chi connectivity index (χ1v) is 6.59. The second-order valence-electron chi connectivity index (χ2n) is 4.55. The van der Waals surface area contributed by atoms with E-state index in [-0.39, 0.29) is 0 Å². The van der Waals surface area contributed by atoms with Gasteiger partial charge in [0.1, 0.15) is 6.33 Å². The molecule has 0 spiro atoms. The minimum atomic E-state index is 0.603. The van der Waals surface area contributed by atoms with Crippen LogP contribution in [0.5, 0.6) is 11.8 Å². The largest absolute Gasteiger partial charge is 0.478 e. The zero-order chi connectivity index (χ0) is 12.8. The molecule has 1 aliphatic heterocycles. The lowest BCUT2D eigenvalue weighted by Gasteiger charge is -2.22. The van der Waals surface area contributed by atoms with Crippen molar-refractivity contribution < 1.29 is 9.47 Å². The molecule has 0 aliphatic carbocycles. The summed E-state index contributed by atoms with van der Waals surface area (Å²) in [6, 6.07) is 0. The summed E-state index contributed by atoms with van der Waals surface area (Å²) in [7, 11) is 0. The first-order chi connectivity index (χ1) is 8.81. The van der Waals surface area contributed by atoms with Crippen LogP contribution in [0.4, 0.5) is 0 Å². The quantitative estimate of drug-likeness (QED) is 0.860. The number of nitrogens with one attached hydrogen (secondary N) is 1. The second kappa shape index (κ2) is 6.54. The summed E-state index contributed by atoms with van der Waals surface area (Å²) in [5.41, 5.74) is 0.883. The van der Waals surface area contributed by atoms with E-state index in [0.29, 0.717) is 24.3 Å². The maximum Gasteiger partial charge on any atom is 0.223 e. The van der Waals surface area contributed by atoms with Gasteiger partial charge >= 0.3 is 0 Å². The third kappa shape index (κ3) is 3.32. The molecule has 2 heterocycles. The van der Waals surface area contributed by atoms with Crippen LogP contribution in [0.15, 0.2) is 6.33 Å². The highest BCUT2D eigenvalue weighted by Gasteiger charge is 2.15. The molecule has 0 bridgehead atoms. The number of ether oxygens (including phenoxy) is 2. The van der Waals surface area contributed by atoms with Crippen molar-refractivity contribution in [2.24, 2.45) is 5.92 Å². The molecule has 1 aliphatic rings. The predicted molar refractivity (Wildman–Crippen MR) is 69.0 cm³/mol. The van der Waals surface area contributed by atoms with Crippen molar-refractivity contribution in [3.63, 3.8) is 0 Å². The summed E-state index contributed by atoms with van der Waals surface area (Å²) in [6.45, 7) is 7.37. The Labute approximate surface area is 108 Å². The summed E-state index contributed by atoms with van der Waals surface area (Å²) in [5, 5.41) is 3.35. The lowest BCUT2D eigenvalue weighted by Crippen LogP contribution is -2.30. The third-order valence-electron chi connectivity index (χ3n) is 3.19. The average molecular weight is 251 g/mol. The van der Waals surface area contributed by atoms with Gasteiger partial charge in [0.2, 0.25) is 11.8 Å². The summed E-state index contributed by atoms with van der Waals surface area (Å²) < 4.78 is 11.2. The molecule has 1 fully saturated rings. The molecule has 0 saturated carbocycles. The molecule has 0 radical (unpaired) electrons. The number of rotatable bonds is 5. The van der Waals surface area contributed by atoms with Gasteiger partial charge in [0.25, 0.3) is 0 Å². The molecule has 0 atom stereocenters. The topological polar surface area (TPSA) is 56.3 Å². The fourth-order valence-electron chi connectivity index (χ4n) is 2.09. The van der Waals surface area contributed by atoms with Crippen molar-refractivity contribution in [2.45, 2.75) is 26.7 Å². The van der Waals surface area contributed by atoms with E-state index in [4.69, 9.17) is 9.47 Å². The van der Waals surface area contributed by atoms with Crippen molar-refractivity contribution in [3.8, 4) is 11.8 Å². The van der Waals surface area contributed by atoms with Gasteiger partial charge < -0.3 is 14.8 Å². The van der Waals surface area contributed by atoms with Gasteiger partial charge in [0.05, 0.1) is 18.8 Å². The van der Waals surface area contributed by atoms with E-state index >= 15 is 0 Å². The van der Waals surface area contributed by atoms with Gasteiger partial charge in [0, 0.05) is 0 Å². The van der Waals surface area contributed by atoms with Gasteiger partial charge in [-0.15, -0.1) is 0 Å². The molecule has 5 nitrogen and oxygen atoms in total. The molecule has 1 aromatic rings. The lowest BCUT2D eigenvalue weighted by molar-refractivity contribution is 0.205. The average Bonchev–Trinajstić information content (AvgIpc) is 2.41. The maximum atomic E-state index is 5.80. The van der Waals surface area contributed by atoms with Crippen molar-refractivity contribution in [1.29, 1.82) is 0 Å². The molecule has 0 amide bonds. The van der Waals surface area contributed by atoms with E-state index in [9.17, 15) is 0 Å². The Morgan fingerprint density at radius 2 is 1.89 bits per heavy atom. The zero-order valence-corrected chi connectivity index (χ0v) is 11.1. The smallest absolute Gasteiger partial charge is 0.223 e. The molecule has 2 rings (SSSR count). The van der Waals surface area contributed by atoms with Crippen LogP contribution < -0.4 is 14.8 Å². The molecule has 18 heavy (non-hydrogen) atoms. The van der Waals surface area contributed by atoms with Crippen LogP contribution in [0, 0.1) is 12.8 Å². The van der Waals surface area contributed by atoms with E-state index in [1.54, 1.807) is 0 Å². The van der Waals surface area contributed by atoms with E-state index in [1.807, 2.05) is 13.8 Å². The normalized spacial score (nSPS) is 16.6. The number of aromatic nitrogens is 2. The molecule has 1 aromatic heterocycles. The summed E-state index contributed by atoms with van der Waals surface area (Å²) >= 11 is 0. The number of hydrogen-bond donors (Lipinski definition) is 1. The maximum absolute atomic E-state index is 5.80. The Morgan fingerprint density at radius 1 is 1.22 bits per heavy atom. The van der Waals surface area contributed by atoms with E-state index in [1.165, 1.54) is 19.2 Å². The van der Waals surface area contributed by atoms with Crippen LogP contribution in [0.2, 0.25) is 0 Å². The zero-order valence-electron chi connectivity index (χ0n) is 11.1. The first kappa shape index (κ1) is 13.1. The highest BCUT2D eigenvalue weighted by molar-refractivity contribution is 5.32. The van der Waals surface area contributed by atoms with E-state index in [2.05, 4.69) is 15.3 Å². The summed E-state index contributed by atoms with van der Waals surface area (Å²) in [5.74, 6) is 1.89. The van der Waals surface area contributed by atoms with Crippen LogP contribution in [0.25, 0.3) is 0 Å². The van der Waals surface area contributed by atoms with Crippen LogP contribution >= 0.6 is 0 Å². The SMILES string of the molecule is CCOc1ncnc(OCC2CCNCC2)c1C. The Hall–Kier alpha value is -1.36. The molecule has 0 unspecified atom stereocenters.